The average Bonchev–Trinajstić information content (AvgIpc) is 2.53. The van der Waals surface area contributed by atoms with Gasteiger partial charge in [-0.05, 0) is 19.9 Å². The van der Waals surface area contributed by atoms with Crippen LogP contribution in [0.3, 0.4) is 0 Å². The predicted octanol–water partition coefficient (Wildman–Crippen LogP) is 0.786. The van der Waals surface area contributed by atoms with Gasteiger partial charge in [0.2, 0.25) is 5.88 Å². The van der Waals surface area contributed by atoms with Crippen LogP contribution in [0.1, 0.15) is 23.2 Å². The van der Waals surface area contributed by atoms with Gasteiger partial charge in [-0.25, -0.2) is 4.98 Å². The first-order valence-corrected chi connectivity index (χ1v) is 7.43. The van der Waals surface area contributed by atoms with E-state index in [4.69, 9.17) is 14.2 Å². The number of hydrogen-bond donors (Lipinski definition) is 0. The lowest BCUT2D eigenvalue weighted by atomic mass is 9.81. The lowest BCUT2D eigenvalue weighted by Gasteiger charge is -2.46. The first-order chi connectivity index (χ1) is 10.6. The number of ether oxygens (including phenoxy) is 3. The maximum Gasteiger partial charge on any atom is 0.319 e. The molecule has 1 aromatic rings. The molecule has 0 radical (unpaired) electrons. The molecule has 2 aliphatic rings. The number of rotatable bonds is 4. The van der Waals surface area contributed by atoms with E-state index in [1.54, 1.807) is 0 Å². The Morgan fingerprint density at radius 2 is 1.95 bits per heavy atom. The maximum atomic E-state index is 12.9. The molecule has 2 bridgehead atoms. The fourth-order valence-electron chi connectivity index (χ4n) is 3.30. The summed E-state index contributed by atoms with van der Waals surface area (Å²) in [4.78, 5) is 23.3. The molecule has 2 fully saturated rings. The van der Waals surface area contributed by atoms with Crippen LogP contribution in [-0.2, 0) is 4.74 Å². The van der Waals surface area contributed by atoms with E-state index in [0.717, 1.165) is 12.8 Å². The summed E-state index contributed by atoms with van der Waals surface area (Å²) in [5, 5.41) is 0. The standard InChI is InChI=1S/C15H21N3O4/c1-18-10-4-9(5-11(18)8-22-7-10)13(19)12-6-16-15(21-3)17-14(12)20-2/h6,9-11H,4-5,7-8H2,1-3H3. The van der Waals surface area contributed by atoms with Crippen molar-refractivity contribution in [1.82, 2.24) is 14.9 Å². The molecule has 2 aliphatic heterocycles. The lowest BCUT2D eigenvalue weighted by Crippen LogP contribution is -2.55. The second-order valence-electron chi connectivity index (χ2n) is 5.82. The van der Waals surface area contributed by atoms with E-state index in [9.17, 15) is 4.79 Å². The van der Waals surface area contributed by atoms with Gasteiger partial charge < -0.3 is 14.2 Å². The largest absolute Gasteiger partial charge is 0.480 e. The minimum absolute atomic E-state index is 0.0407. The van der Waals surface area contributed by atoms with Crippen molar-refractivity contribution >= 4 is 5.78 Å². The molecule has 2 unspecified atom stereocenters. The number of likely N-dealkylation sites (N-methyl/N-ethyl adjacent to an activating group) is 1. The molecular formula is C15H21N3O4. The number of Topliss-reactive ketones (excluding diaryl/α,β-unsaturated/α-hetero) is 1. The Bertz CT molecular complexity index is 552. The smallest absolute Gasteiger partial charge is 0.319 e. The molecule has 0 amide bonds. The molecule has 0 spiro atoms. The molecule has 120 valence electrons. The quantitative estimate of drug-likeness (QED) is 0.761. The van der Waals surface area contributed by atoms with Crippen molar-refractivity contribution in [2.24, 2.45) is 5.92 Å². The number of nitrogens with zero attached hydrogens (tertiary/aromatic N) is 3. The molecule has 22 heavy (non-hydrogen) atoms. The summed E-state index contributed by atoms with van der Waals surface area (Å²) >= 11 is 0. The maximum absolute atomic E-state index is 12.9. The lowest BCUT2D eigenvalue weighted by molar-refractivity contribution is -0.0702. The fourth-order valence-corrected chi connectivity index (χ4v) is 3.30. The molecule has 1 aromatic heterocycles. The van der Waals surface area contributed by atoms with Gasteiger partial charge in [-0.2, -0.15) is 4.98 Å². The van der Waals surface area contributed by atoms with Crippen molar-refractivity contribution < 1.29 is 19.0 Å². The van der Waals surface area contributed by atoms with Crippen molar-refractivity contribution in [3.63, 3.8) is 0 Å². The average molecular weight is 307 g/mol. The SMILES string of the molecule is COc1ncc(C(=O)C2CC3COCC(C2)N3C)c(OC)n1. The summed E-state index contributed by atoms with van der Waals surface area (Å²) in [6, 6.07) is 0.792. The zero-order chi connectivity index (χ0) is 15.7. The van der Waals surface area contributed by atoms with Crippen LogP contribution in [-0.4, -0.2) is 67.2 Å². The summed E-state index contributed by atoms with van der Waals surface area (Å²) in [5.74, 6) is 0.280. The molecular weight excluding hydrogens is 286 g/mol. The summed E-state index contributed by atoms with van der Waals surface area (Å²) in [6.07, 6.45) is 3.08. The Morgan fingerprint density at radius 3 is 2.55 bits per heavy atom. The highest BCUT2D eigenvalue weighted by atomic mass is 16.5. The predicted molar refractivity (Wildman–Crippen MR) is 78.3 cm³/mol. The van der Waals surface area contributed by atoms with Crippen molar-refractivity contribution in [2.45, 2.75) is 24.9 Å². The third kappa shape index (κ3) is 2.66. The van der Waals surface area contributed by atoms with Gasteiger partial charge >= 0.3 is 6.01 Å². The molecule has 2 atom stereocenters. The van der Waals surface area contributed by atoms with Crippen LogP contribution >= 0.6 is 0 Å². The van der Waals surface area contributed by atoms with E-state index in [0.29, 0.717) is 30.9 Å². The van der Waals surface area contributed by atoms with Crippen LogP contribution < -0.4 is 9.47 Å². The number of carbonyl (C=O) groups is 1. The molecule has 0 aromatic carbocycles. The van der Waals surface area contributed by atoms with Gasteiger partial charge in [-0.15, -0.1) is 0 Å². The normalized spacial score (nSPS) is 28.2. The molecule has 0 aliphatic carbocycles. The third-order valence-electron chi connectivity index (χ3n) is 4.63. The summed E-state index contributed by atoms with van der Waals surface area (Å²) in [7, 11) is 5.08. The van der Waals surface area contributed by atoms with Gasteiger partial charge in [0.1, 0.15) is 0 Å². The fraction of sp³-hybridized carbons (Fsp3) is 0.667. The van der Waals surface area contributed by atoms with Crippen LogP contribution in [0.15, 0.2) is 6.20 Å². The van der Waals surface area contributed by atoms with Gasteiger partial charge in [0, 0.05) is 24.2 Å². The van der Waals surface area contributed by atoms with Crippen LogP contribution in [0.4, 0.5) is 0 Å². The van der Waals surface area contributed by atoms with E-state index in [-0.39, 0.29) is 23.6 Å². The summed E-state index contributed by atoms with van der Waals surface area (Å²) in [5.41, 5.74) is 0.428. The number of ketones is 1. The van der Waals surface area contributed by atoms with Gasteiger partial charge in [0.15, 0.2) is 5.78 Å². The molecule has 2 saturated heterocycles. The summed E-state index contributed by atoms with van der Waals surface area (Å²) in [6.45, 7) is 1.38. The van der Waals surface area contributed by atoms with E-state index in [2.05, 4.69) is 21.9 Å². The van der Waals surface area contributed by atoms with Gasteiger partial charge in [0.05, 0.1) is 33.0 Å². The highest BCUT2D eigenvalue weighted by Gasteiger charge is 2.40. The number of aromatic nitrogens is 2. The Kier molecular flexibility index (Phi) is 4.26. The van der Waals surface area contributed by atoms with Crippen molar-refractivity contribution in [3.8, 4) is 11.9 Å². The van der Waals surface area contributed by atoms with Crippen LogP contribution in [0.2, 0.25) is 0 Å². The van der Waals surface area contributed by atoms with Crippen molar-refractivity contribution in [3.05, 3.63) is 11.8 Å². The zero-order valence-electron chi connectivity index (χ0n) is 13.1. The molecule has 7 heteroatoms. The topological polar surface area (TPSA) is 73.8 Å². The van der Waals surface area contributed by atoms with E-state index >= 15 is 0 Å². The third-order valence-corrected chi connectivity index (χ3v) is 4.63. The van der Waals surface area contributed by atoms with Gasteiger partial charge in [0.25, 0.3) is 0 Å². The molecule has 7 nitrogen and oxygen atoms in total. The Balaban J connectivity index is 1.82. The highest BCUT2D eigenvalue weighted by molar-refractivity contribution is 5.99. The van der Waals surface area contributed by atoms with Crippen LogP contribution in [0, 0.1) is 5.92 Å². The molecule has 3 rings (SSSR count). The first-order valence-electron chi connectivity index (χ1n) is 7.43. The number of piperidine rings is 1. The van der Waals surface area contributed by atoms with Crippen LogP contribution in [0.5, 0.6) is 11.9 Å². The second-order valence-corrected chi connectivity index (χ2v) is 5.82. The number of carbonyl (C=O) groups excluding carboxylic acids is 1. The number of morpholine rings is 1. The molecule has 3 heterocycles. The Hall–Kier alpha value is -1.73. The minimum atomic E-state index is -0.0407. The number of hydrogen-bond acceptors (Lipinski definition) is 7. The van der Waals surface area contributed by atoms with Crippen LogP contribution in [0.25, 0.3) is 0 Å². The van der Waals surface area contributed by atoms with Gasteiger partial charge in [-0.3, -0.25) is 9.69 Å². The number of methoxy groups -OCH3 is 2. The van der Waals surface area contributed by atoms with Crippen molar-refractivity contribution in [1.29, 1.82) is 0 Å². The summed E-state index contributed by atoms with van der Waals surface area (Å²) < 4.78 is 15.8. The Morgan fingerprint density at radius 1 is 1.27 bits per heavy atom. The van der Waals surface area contributed by atoms with Crippen molar-refractivity contribution in [2.75, 3.05) is 34.5 Å². The minimum Gasteiger partial charge on any atom is -0.480 e. The Labute approximate surface area is 129 Å². The first kappa shape index (κ1) is 15.2. The zero-order valence-corrected chi connectivity index (χ0v) is 13.1. The monoisotopic (exact) mass is 307 g/mol. The van der Waals surface area contributed by atoms with E-state index in [1.165, 1.54) is 20.4 Å². The van der Waals surface area contributed by atoms with E-state index in [1.807, 2.05) is 0 Å². The number of fused-ring (bicyclic) bond motifs is 2. The van der Waals surface area contributed by atoms with E-state index < -0.39 is 0 Å². The van der Waals surface area contributed by atoms with Gasteiger partial charge in [-0.1, -0.05) is 0 Å². The highest BCUT2D eigenvalue weighted by Crippen LogP contribution is 2.33. The molecule has 0 saturated carbocycles. The molecule has 0 N–H and O–H groups in total. The second kappa shape index (κ2) is 6.18.